The number of aromatic nitrogens is 3. The largest absolute Gasteiger partial charge is 0.487 e. The van der Waals surface area contributed by atoms with E-state index in [9.17, 15) is 4.79 Å². The first-order chi connectivity index (χ1) is 11.7. The van der Waals surface area contributed by atoms with Crippen LogP contribution in [-0.2, 0) is 6.61 Å². The molecule has 1 aromatic heterocycles. The SMILES string of the molecule is N#Cc1ccc(OCc2cn(-c3ccccc3C(N)=O)nn2)cc1. The van der Waals surface area contributed by atoms with Crippen LogP contribution in [0.3, 0.4) is 0 Å². The van der Waals surface area contributed by atoms with Crippen molar-refractivity contribution in [2.45, 2.75) is 6.61 Å². The van der Waals surface area contributed by atoms with Gasteiger partial charge in [-0.1, -0.05) is 17.3 Å². The third kappa shape index (κ3) is 3.23. The van der Waals surface area contributed by atoms with Gasteiger partial charge in [-0.2, -0.15) is 5.26 Å². The maximum Gasteiger partial charge on any atom is 0.250 e. The Bertz CT molecular complexity index is 909. The molecule has 0 aliphatic rings. The summed E-state index contributed by atoms with van der Waals surface area (Å²) in [6.45, 7) is 0.213. The molecule has 0 spiro atoms. The van der Waals surface area contributed by atoms with Crippen molar-refractivity contribution in [2.24, 2.45) is 5.73 Å². The molecule has 1 heterocycles. The van der Waals surface area contributed by atoms with Crippen LogP contribution >= 0.6 is 0 Å². The molecule has 1 amide bonds. The zero-order valence-electron chi connectivity index (χ0n) is 12.6. The van der Waals surface area contributed by atoms with E-state index in [1.165, 1.54) is 4.68 Å². The highest BCUT2D eigenvalue weighted by molar-refractivity contribution is 5.96. The van der Waals surface area contributed by atoms with E-state index in [4.69, 9.17) is 15.7 Å². The van der Waals surface area contributed by atoms with Gasteiger partial charge in [0.1, 0.15) is 18.1 Å². The number of benzene rings is 2. The molecule has 0 aliphatic carbocycles. The van der Waals surface area contributed by atoms with Gasteiger partial charge >= 0.3 is 0 Å². The monoisotopic (exact) mass is 319 g/mol. The summed E-state index contributed by atoms with van der Waals surface area (Å²) in [7, 11) is 0. The van der Waals surface area contributed by atoms with Crippen LogP contribution < -0.4 is 10.5 Å². The molecule has 0 saturated carbocycles. The summed E-state index contributed by atoms with van der Waals surface area (Å²) in [5.74, 6) is 0.0950. The van der Waals surface area contributed by atoms with Crippen LogP contribution in [0.15, 0.2) is 54.7 Å². The van der Waals surface area contributed by atoms with Gasteiger partial charge in [-0.3, -0.25) is 4.79 Å². The number of hydrogen-bond donors (Lipinski definition) is 1. The van der Waals surface area contributed by atoms with E-state index in [2.05, 4.69) is 10.3 Å². The average Bonchev–Trinajstić information content (AvgIpc) is 3.09. The second-order valence-electron chi connectivity index (χ2n) is 4.96. The predicted molar refractivity (Wildman–Crippen MR) is 85.4 cm³/mol. The van der Waals surface area contributed by atoms with Crippen molar-refractivity contribution in [3.8, 4) is 17.5 Å². The Labute approximate surface area is 137 Å². The molecule has 24 heavy (non-hydrogen) atoms. The molecule has 0 aliphatic heterocycles. The smallest absolute Gasteiger partial charge is 0.250 e. The average molecular weight is 319 g/mol. The highest BCUT2D eigenvalue weighted by atomic mass is 16.5. The molecule has 3 rings (SSSR count). The molecule has 2 aromatic carbocycles. The molecule has 0 atom stereocenters. The number of rotatable bonds is 5. The van der Waals surface area contributed by atoms with E-state index >= 15 is 0 Å². The fourth-order valence-corrected chi connectivity index (χ4v) is 2.15. The van der Waals surface area contributed by atoms with Gasteiger partial charge in [0.25, 0.3) is 5.91 Å². The predicted octanol–water partition coefficient (Wildman–Crippen LogP) is 1.82. The number of amides is 1. The van der Waals surface area contributed by atoms with Crippen molar-refractivity contribution < 1.29 is 9.53 Å². The molecule has 0 saturated heterocycles. The van der Waals surface area contributed by atoms with Crippen molar-refractivity contribution in [2.75, 3.05) is 0 Å². The molecule has 3 aromatic rings. The normalized spacial score (nSPS) is 10.1. The van der Waals surface area contributed by atoms with Crippen LogP contribution in [0.4, 0.5) is 0 Å². The Morgan fingerprint density at radius 2 is 1.96 bits per heavy atom. The van der Waals surface area contributed by atoms with Gasteiger partial charge < -0.3 is 10.5 Å². The maximum absolute atomic E-state index is 11.5. The molecule has 7 nitrogen and oxygen atoms in total. The molecule has 7 heteroatoms. The fourth-order valence-electron chi connectivity index (χ4n) is 2.15. The molecule has 0 radical (unpaired) electrons. The standard InChI is InChI=1S/C17H13N5O2/c18-9-12-5-7-14(8-6-12)24-11-13-10-22(21-20-13)16-4-2-1-3-15(16)17(19)23/h1-8,10H,11H2,(H2,19,23). The summed E-state index contributed by atoms with van der Waals surface area (Å²) < 4.78 is 7.09. The zero-order chi connectivity index (χ0) is 16.9. The van der Waals surface area contributed by atoms with Gasteiger partial charge in [-0.05, 0) is 36.4 Å². The van der Waals surface area contributed by atoms with Gasteiger partial charge in [-0.25, -0.2) is 4.68 Å². The Morgan fingerprint density at radius 3 is 2.67 bits per heavy atom. The van der Waals surface area contributed by atoms with Crippen molar-refractivity contribution in [1.29, 1.82) is 5.26 Å². The van der Waals surface area contributed by atoms with Crippen molar-refractivity contribution in [1.82, 2.24) is 15.0 Å². The minimum absolute atomic E-state index is 0.213. The van der Waals surface area contributed by atoms with E-state index in [1.807, 2.05) is 6.07 Å². The Morgan fingerprint density at radius 1 is 1.21 bits per heavy atom. The highest BCUT2D eigenvalue weighted by Crippen LogP contribution is 2.15. The summed E-state index contributed by atoms with van der Waals surface area (Å²) in [5.41, 5.74) is 7.45. The van der Waals surface area contributed by atoms with Crippen LogP contribution in [0, 0.1) is 11.3 Å². The fraction of sp³-hybridized carbons (Fsp3) is 0.0588. The second kappa shape index (κ2) is 6.62. The third-order valence-corrected chi connectivity index (χ3v) is 3.33. The molecule has 0 bridgehead atoms. The lowest BCUT2D eigenvalue weighted by Gasteiger charge is -2.05. The van der Waals surface area contributed by atoms with Crippen molar-refractivity contribution in [3.63, 3.8) is 0 Å². The van der Waals surface area contributed by atoms with E-state index in [0.29, 0.717) is 28.3 Å². The molecule has 0 unspecified atom stereocenters. The Hall–Kier alpha value is -3.66. The summed E-state index contributed by atoms with van der Waals surface area (Å²) in [5, 5.41) is 16.8. The van der Waals surface area contributed by atoms with Crippen LogP contribution in [0.1, 0.15) is 21.6 Å². The van der Waals surface area contributed by atoms with Crippen LogP contribution in [0.2, 0.25) is 0 Å². The van der Waals surface area contributed by atoms with E-state index in [-0.39, 0.29) is 6.61 Å². The first-order valence-corrected chi connectivity index (χ1v) is 7.11. The number of ether oxygens (including phenoxy) is 1. The van der Waals surface area contributed by atoms with Gasteiger partial charge in [0, 0.05) is 0 Å². The lowest BCUT2D eigenvalue weighted by Crippen LogP contribution is -2.14. The van der Waals surface area contributed by atoms with Crippen LogP contribution in [-0.4, -0.2) is 20.9 Å². The number of carbonyl (C=O) groups is 1. The summed E-state index contributed by atoms with van der Waals surface area (Å²) in [6.07, 6.45) is 1.67. The van der Waals surface area contributed by atoms with E-state index < -0.39 is 5.91 Å². The Kier molecular flexibility index (Phi) is 4.21. The first-order valence-electron chi connectivity index (χ1n) is 7.11. The molecule has 0 fully saturated rings. The van der Waals surface area contributed by atoms with Crippen LogP contribution in [0.5, 0.6) is 5.75 Å². The van der Waals surface area contributed by atoms with E-state index in [0.717, 1.165) is 0 Å². The van der Waals surface area contributed by atoms with Gasteiger partial charge in [-0.15, -0.1) is 5.10 Å². The minimum atomic E-state index is -0.531. The second-order valence-corrected chi connectivity index (χ2v) is 4.96. The minimum Gasteiger partial charge on any atom is -0.487 e. The number of carbonyl (C=O) groups excluding carboxylic acids is 1. The number of para-hydroxylation sites is 1. The quantitative estimate of drug-likeness (QED) is 0.772. The van der Waals surface area contributed by atoms with Gasteiger partial charge in [0.05, 0.1) is 29.1 Å². The lowest BCUT2D eigenvalue weighted by molar-refractivity contribution is 0.1000. The highest BCUT2D eigenvalue weighted by Gasteiger charge is 2.11. The van der Waals surface area contributed by atoms with Crippen molar-refractivity contribution in [3.05, 3.63) is 71.5 Å². The van der Waals surface area contributed by atoms with Crippen LogP contribution in [0.25, 0.3) is 5.69 Å². The molecular weight excluding hydrogens is 306 g/mol. The summed E-state index contributed by atoms with van der Waals surface area (Å²) >= 11 is 0. The molecule has 118 valence electrons. The molecule has 2 N–H and O–H groups in total. The lowest BCUT2D eigenvalue weighted by atomic mass is 10.1. The first kappa shape index (κ1) is 15.2. The number of hydrogen-bond acceptors (Lipinski definition) is 5. The topological polar surface area (TPSA) is 107 Å². The number of nitrogens with zero attached hydrogens (tertiary/aromatic N) is 4. The third-order valence-electron chi connectivity index (χ3n) is 3.33. The molecular formula is C17H13N5O2. The Balaban J connectivity index is 1.74. The summed E-state index contributed by atoms with van der Waals surface area (Å²) in [6, 6.07) is 15.7. The van der Waals surface area contributed by atoms with E-state index in [1.54, 1.807) is 54.7 Å². The maximum atomic E-state index is 11.5. The summed E-state index contributed by atoms with van der Waals surface area (Å²) in [4.78, 5) is 11.5. The number of primary amides is 1. The van der Waals surface area contributed by atoms with Gasteiger partial charge in [0.2, 0.25) is 0 Å². The number of nitriles is 1. The van der Waals surface area contributed by atoms with Crippen molar-refractivity contribution >= 4 is 5.91 Å². The van der Waals surface area contributed by atoms with Gasteiger partial charge in [0.15, 0.2) is 0 Å². The number of nitrogens with two attached hydrogens (primary N) is 1. The zero-order valence-corrected chi connectivity index (χ0v) is 12.6.